The predicted octanol–water partition coefficient (Wildman–Crippen LogP) is 6.52. The Labute approximate surface area is 190 Å². The number of methoxy groups -OCH3 is 2. The SMILES string of the molecule is COc1cc(OC)cc(-c2nnc(SCc3ccc(Br)cc3)n2C2CCCCC2)c1. The Bertz CT molecular complexity index is 962. The first-order chi connectivity index (χ1) is 14.7. The number of aromatic nitrogens is 3. The van der Waals surface area contributed by atoms with Crippen molar-refractivity contribution in [1.82, 2.24) is 14.8 Å². The van der Waals surface area contributed by atoms with E-state index in [4.69, 9.17) is 9.47 Å². The lowest BCUT2D eigenvalue weighted by atomic mass is 9.95. The number of hydrogen-bond donors (Lipinski definition) is 0. The molecule has 3 aromatic rings. The summed E-state index contributed by atoms with van der Waals surface area (Å²) in [6.45, 7) is 0. The summed E-state index contributed by atoms with van der Waals surface area (Å²) in [4.78, 5) is 0. The molecule has 1 aromatic heterocycles. The van der Waals surface area contributed by atoms with Gasteiger partial charge in [0, 0.05) is 27.9 Å². The van der Waals surface area contributed by atoms with Gasteiger partial charge < -0.3 is 9.47 Å². The van der Waals surface area contributed by atoms with E-state index in [1.165, 1.54) is 24.8 Å². The average molecular weight is 488 g/mol. The molecule has 0 aliphatic heterocycles. The minimum atomic E-state index is 0.424. The van der Waals surface area contributed by atoms with Gasteiger partial charge in [-0.1, -0.05) is 59.1 Å². The second-order valence-electron chi connectivity index (χ2n) is 7.48. The van der Waals surface area contributed by atoms with Gasteiger partial charge in [-0.15, -0.1) is 10.2 Å². The molecular weight excluding hydrogens is 462 g/mol. The summed E-state index contributed by atoms with van der Waals surface area (Å²) >= 11 is 5.25. The summed E-state index contributed by atoms with van der Waals surface area (Å²) in [7, 11) is 3.34. The third kappa shape index (κ3) is 4.83. The van der Waals surface area contributed by atoms with Crippen LogP contribution in [0.2, 0.25) is 0 Å². The van der Waals surface area contributed by atoms with Crippen LogP contribution in [-0.4, -0.2) is 29.0 Å². The monoisotopic (exact) mass is 487 g/mol. The molecule has 4 rings (SSSR count). The number of rotatable bonds is 7. The lowest BCUT2D eigenvalue weighted by Gasteiger charge is -2.25. The summed E-state index contributed by atoms with van der Waals surface area (Å²) in [5.41, 5.74) is 2.24. The Kier molecular flexibility index (Phi) is 7.00. The molecule has 1 fully saturated rings. The van der Waals surface area contributed by atoms with Crippen molar-refractivity contribution in [3.63, 3.8) is 0 Å². The van der Waals surface area contributed by atoms with E-state index in [1.54, 1.807) is 26.0 Å². The average Bonchev–Trinajstić information content (AvgIpc) is 3.23. The Morgan fingerprint density at radius 2 is 1.63 bits per heavy atom. The zero-order chi connectivity index (χ0) is 20.9. The van der Waals surface area contributed by atoms with Gasteiger partial charge in [-0.3, -0.25) is 4.57 Å². The van der Waals surface area contributed by atoms with Crippen molar-refractivity contribution < 1.29 is 9.47 Å². The van der Waals surface area contributed by atoms with E-state index in [1.807, 2.05) is 18.2 Å². The number of nitrogens with zero attached hydrogens (tertiary/aromatic N) is 3. The molecule has 5 nitrogen and oxygen atoms in total. The Morgan fingerprint density at radius 3 is 2.27 bits per heavy atom. The highest BCUT2D eigenvalue weighted by Crippen LogP contribution is 2.38. The van der Waals surface area contributed by atoms with E-state index in [0.717, 1.165) is 51.1 Å². The molecule has 1 heterocycles. The lowest BCUT2D eigenvalue weighted by Crippen LogP contribution is -2.15. The van der Waals surface area contributed by atoms with E-state index in [0.29, 0.717) is 6.04 Å². The van der Waals surface area contributed by atoms with Gasteiger partial charge in [-0.05, 0) is 42.7 Å². The summed E-state index contributed by atoms with van der Waals surface area (Å²) < 4.78 is 14.4. The highest BCUT2D eigenvalue weighted by molar-refractivity contribution is 9.10. The van der Waals surface area contributed by atoms with E-state index < -0.39 is 0 Å². The predicted molar refractivity (Wildman–Crippen MR) is 124 cm³/mol. The molecule has 7 heteroatoms. The van der Waals surface area contributed by atoms with Crippen LogP contribution >= 0.6 is 27.7 Å². The second kappa shape index (κ2) is 9.88. The Balaban J connectivity index is 1.69. The molecule has 1 aliphatic carbocycles. The molecule has 158 valence electrons. The first-order valence-electron chi connectivity index (χ1n) is 10.2. The van der Waals surface area contributed by atoms with Crippen molar-refractivity contribution in [3.05, 3.63) is 52.5 Å². The van der Waals surface area contributed by atoms with Crippen LogP contribution in [0.3, 0.4) is 0 Å². The standard InChI is InChI=1S/C23H26BrN3O2S/c1-28-20-12-17(13-21(14-20)29-2)22-25-26-23(27(22)19-6-4-3-5-7-19)30-15-16-8-10-18(24)11-9-16/h8-14,19H,3-7,15H2,1-2H3. The number of benzene rings is 2. The lowest BCUT2D eigenvalue weighted by molar-refractivity contribution is 0.339. The van der Waals surface area contributed by atoms with Gasteiger partial charge in [0.05, 0.1) is 14.2 Å². The van der Waals surface area contributed by atoms with Gasteiger partial charge in [0.2, 0.25) is 0 Å². The summed E-state index contributed by atoms with van der Waals surface area (Å²) in [6, 6.07) is 14.8. The zero-order valence-corrected chi connectivity index (χ0v) is 19.7. The van der Waals surface area contributed by atoms with Crippen molar-refractivity contribution in [2.24, 2.45) is 0 Å². The molecule has 0 unspecified atom stereocenters. The van der Waals surface area contributed by atoms with Crippen LogP contribution in [0.25, 0.3) is 11.4 Å². The number of hydrogen-bond acceptors (Lipinski definition) is 5. The fourth-order valence-electron chi connectivity index (χ4n) is 3.91. The summed E-state index contributed by atoms with van der Waals surface area (Å²) in [6.07, 6.45) is 6.14. The Morgan fingerprint density at radius 1 is 0.967 bits per heavy atom. The molecule has 1 aliphatic rings. The van der Waals surface area contributed by atoms with Crippen molar-refractivity contribution in [2.45, 2.75) is 49.1 Å². The number of ether oxygens (including phenoxy) is 2. The van der Waals surface area contributed by atoms with Crippen molar-refractivity contribution in [1.29, 1.82) is 0 Å². The minimum Gasteiger partial charge on any atom is -0.497 e. The van der Waals surface area contributed by atoms with Gasteiger partial charge in [0.1, 0.15) is 11.5 Å². The topological polar surface area (TPSA) is 49.2 Å². The molecule has 0 bridgehead atoms. The van der Waals surface area contributed by atoms with Crippen molar-refractivity contribution in [2.75, 3.05) is 14.2 Å². The van der Waals surface area contributed by atoms with Gasteiger partial charge >= 0.3 is 0 Å². The normalized spacial score (nSPS) is 14.6. The van der Waals surface area contributed by atoms with Gasteiger partial charge in [0.15, 0.2) is 11.0 Å². The van der Waals surface area contributed by atoms with E-state index in [2.05, 4.69) is 55.0 Å². The van der Waals surface area contributed by atoms with Crippen LogP contribution in [0.15, 0.2) is 52.1 Å². The van der Waals surface area contributed by atoms with Crippen LogP contribution in [0, 0.1) is 0 Å². The molecule has 0 spiro atoms. The molecular formula is C23H26BrN3O2S. The van der Waals surface area contributed by atoms with Crippen LogP contribution in [0.4, 0.5) is 0 Å². The van der Waals surface area contributed by atoms with Crippen molar-refractivity contribution in [3.8, 4) is 22.9 Å². The maximum Gasteiger partial charge on any atom is 0.192 e. The highest BCUT2D eigenvalue weighted by atomic mass is 79.9. The fraction of sp³-hybridized carbons (Fsp3) is 0.391. The molecule has 30 heavy (non-hydrogen) atoms. The van der Waals surface area contributed by atoms with Gasteiger partial charge in [0.25, 0.3) is 0 Å². The van der Waals surface area contributed by atoms with Crippen LogP contribution in [0.1, 0.15) is 43.7 Å². The number of thioether (sulfide) groups is 1. The quantitative estimate of drug-likeness (QED) is 0.354. The minimum absolute atomic E-state index is 0.424. The third-order valence-electron chi connectivity index (χ3n) is 5.50. The van der Waals surface area contributed by atoms with Crippen LogP contribution in [0.5, 0.6) is 11.5 Å². The Hall–Kier alpha value is -1.99. The molecule has 1 saturated carbocycles. The van der Waals surface area contributed by atoms with E-state index >= 15 is 0 Å². The molecule has 0 N–H and O–H groups in total. The highest BCUT2D eigenvalue weighted by Gasteiger charge is 2.24. The maximum absolute atomic E-state index is 5.48. The smallest absolute Gasteiger partial charge is 0.192 e. The van der Waals surface area contributed by atoms with Crippen LogP contribution in [-0.2, 0) is 5.75 Å². The fourth-order valence-corrected chi connectivity index (χ4v) is 5.13. The first kappa shape index (κ1) is 21.2. The van der Waals surface area contributed by atoms with E-state index in [-0.39, 0.29) is 0 Å². The zero-order valence-electron chi connectivity index (χ0n) is 17.3. The van der Waals surface area contributed by atoms with Crippen molar-refractivity contribution >= 4 is 27.7 Å². The van der Waals surface area contributed by atoms with E-state index in [9.17, 15) is 0 Å². The van der Waals surface area contributed by atoms with Crippen LogP contribution < -0.4 is 9.47 Å². The second-order valence-corrected chi connectivity index (χ2v) is 9.34. The third-order valence-corrected chi connectivity index (χ3v) is 7.04. The molecule has 0 atom stereocenters. The first-order valence-corrected chi connectivity index (χ1v) is 12.0. The van der Waals surface area contributed by atoms with Gasteiger partial charge in [-0.2, -0.15) is 0 Å². The molecule has 2 aromatic carbocycles. The largest absolute Gasteiger partial charge is 0.497 e. The molecule has 0 saturated heterocycles. The molecule has 0 amide bonds. The summed E-state index contributed by atoms with van der Waals surface area (Å²) in [5.74, 6) is 3.26. The molecule has 0 radical (unpaired) electrons. The maximum atomic E-state index is 5.48. The van der Waals surface area contributed by atoms with Gasteiger partial charge in [-0.25, -0.2) is 0 Å². The number of halogens is 1. The summed E-state index contributed by atoms with van der Waals surface area (Å²) in [5, 5.41) is 10.2.